The van der Waals surface area contributed by atoms with E-state index < -0.39 is 0 Å². The van der Waals surface area contributed by atoms with Crippen LogP contribution in [0, 0.1) is 6.92 Å². The number of benzene rings is 2. The smallest absolute Gasteiger partial charge is 0.215 e. The summed E-state index contributed by atoms with van der Waals surface area (Å²) in [4.78, 5) is 24.4. The van der Waals surface area contributed by atoms with Gasteiger partial charge in [-0.15, -0.1) is 0 Å². The van der Waals surface area contributed by atoms with Gasteiger partial charge >= 0.3 is 0 Å². The predicted octanol–water partition coefficient (Wildman–Crippen LogP) is 5.06. The molecule has 5 heteroatoms. The SMILES string of the molecule is Cc1cccc(Cc2cc(CN3CCCC3)cc(C(=O)c3ncc4cccnc4c3O)c2)c1. The van der Waals surface area contributed by atoms with Crippen molar-refractivity contribution in [2.45, 2.75) is 32.7 Å². The van der Waals surface area contributed by atoms with Gasteiger partial charge in [0.05, 0.1) is 0 Å². The molecule has 1 aliphatic rings. The van der Waals surface area contributed by atoms with Crippen LogP contribution in [0.5, 0.6) is 5.75 Å². The van der Waals surface area contributed by atoms with Crippen LogP contribution in [0.15, 0.2) is 67.0 Å². The van der Waals surface area contributed by atoms with Gasteiger partial charge in [-0.05, 0) is 80.2 Å². The first kappa shape index (κ1) is 21.3. The summed E-state index contributed by atoms with van der Waals surface area (Å²) in [5.74, 6) is -0.447. The van der Waals surface area contributed by atoms with Crippen molar-refractivity contribution in [2.24, 2.45) is 0 Å². The van der Waals surface area contributed by atoms with E-state index in [0.29, 0.717) is 16.5 Å². The summed E-state index contributed by atoms with van der Waals surface area (Å²) >= 11 is 0. The maximum absolute atomic E-state index is 13.5. The molecule has 3 heterocycles. The average molecular weight is 438 g/mol. The van der Waals surface area contributed by atoms with Gasteiger partial charge in [-0.1, -0.05) is 35.9 Å². The number of aryl methyl sites for hydroxylation is 1. The van der Waals surface area contributed by atoms with Crippen LogP contribution in [0.1, 0.15) is 51.1 Å². The number of fused-ring (bicyclic) bond motifs is 1. The van der Waals surface area contributed by atoms with Crippen LogP contribution in [0.3, 0.4) is 0 Å². The fraction of sp³-hybridized carbons (Fsp3) is 0.250. The third-order valence-corrected chi connectivity index (χ3v) is 6.25. The molecular weight excluding hydrogens is 410 g/mol. The molecule has 33 heavy (non-hydrogen) atoms. The number of ketones is 1. The Balaban J connectivity index is 1.53. The summed E-state index contributed by atoms with van der Waals surface area (Å²) in [5.41, 5.74) is 5.61. The summed E-state index contributed by atoms with van der Waals surface area (Å²) in [6.07, 6.45) is 6.38. The zero-order chi connectivity index (χ0) is 22.8. The number of carbonyl (C=O) groups is 1. The topological polar surface area (TPSA) is 66.3 Å². The molecule has 0 bridgehead atoms. The first-order valence-electron chi connectivity index (χ1n) is 11.4. The minimum atomic E-state index is -0.284. The third-order valence-electron chi connectivity index (χ3n) is 6.25. The van der Waals surface area contributed by atoms with Crippen molar-refractivity contribution in [1.82, 2.24) is 14.9 Å². The second kappa shape index (κ2) is 9.12. The number of hydrogen-bond donors (Lipinski definition) is 1. The normalized spacial score (nSPS) is 14.1. The van der Waals surface area contributed by atoms with Crippen LogP contribution in [0.4, 0.5) is 0 Å². The van der Waals surface area contributed by atoms with Crippen LogP contribution in [-0.2, 0) is 13.0 Å². The van der Waals surface area contributed by atoms with E-state index in [1.165, 1.54) is 24.0 Å². The molecule has 0 saturated carbocycles. The van der Waals surface area contributed by atoms with E-state index in [-0.39, 0.29) is 17.2 Å². The molecule has 5 rings (SSSR count). The predicted molar refractivity (Wildman–Crippen MR) is 130 cm³/mol. The molecule has 4 aromatic rings. The Hall–Kier alpha value is -3.57. The first-order valence-corrected chi connectivity index (χ1v) is 11.4. The number of aromatic hydroxyl groups is 1. The highest BCUT2D eigenvalue weighted by Crippen LogP contribution is 2.28. The lowest BCUT2D eigenvalue weighted by atomic mass is 9.96. The Morgan fingerprint density at radius 2 is 1.79 bits per heavy atom. The van der Waals surface area contributed by atoms with E-state index in [1.54, 1.807) is 18.5 Å². The Morgan fingerprint density at radius 1 is 0.970 bits per heavy atom. The number of likely N-dealkylation sites (tertiary alicyclic amines) is 1. The summed E-state index contributed by atoms with van der Waals surface area (Å²) < 4.78 is 0. The van der Waals surface area contributed by atoms with Gasteiger partial charge in [0.1, 0.15) is 5.52 Å². The highest BCUT2D eigenvalue weighted by Gasteiger charge is 2.20. The van der Waals surface area contributed by atoms with Crippen molar-refractivity contribution in [1.29, 1.82) is 0 Å². The molecular formula is C28H27N3O2. The van der Waals surface area contributed by atoms with Gasteiger partial charge in [-0.3, -0.25) is 14.7 Å². The standard InChI is InChI=1S/C28H27N3O2/c1-19-6-4-7-20(12-19)13-21-14-22(18-31-10-2-3-11-31)16-24(15-21)27(32)26-28(33)25-23(17-30-26)8-5-9-29-25/h4-9,12,14-17,33H,2-3,10-11,13,18H2,1H3. The van der Waals surface area contributed by atoms with Gasteiger partial charge < -0.3 is 5.11 Å². The zero-order valence-corrected chi connectivity index (χ0v) is 18.8. The molecule has 0 radical (unpaired) electrons. The van der Waals surface area contributed by atoms with Gasteiger partial charge in [0.2, 0.25) is 5.78 Å². The number of rotatable bonds is 6. The lowest BCUT2D eigenvalue weighted by Crippen LogP contribution is -2.19. The minimum absolute atomic E-state index is 0.0426. The Kier molecular flexibility index (Phi) is 5.88. The fourth-order valence-electron chi connectivity index (χ4n) is 4.67. The summed E-state index contributed by atoms with van der Waals surface area (Å²) in [6, 6.07) is 18.1. The zero-order valence-electron chi connectivity index (χ0n) is 18.8. The number of aromatic nitrogens is 2. The van der Waals surface area contributed by atoms with Crippen LogP contribution >= 0.6 is 0 Å². The molecule has 0 amide bonds. The lowest BCUT2D eigenvalue weighted by Gasteiger charge is -2.17. The van der Waals surface area contributed by atoms with Gasteiger partial charge in [0, 0.05) is 29.9 Å². The largest absolute Gasteiger partial charge is 0.504 e. The second-order valence-corrected chi connectivity index (χ2v) is 8.91. The van der Waals surface area contributed by atoms with E-state index in [4.69, 9.17) is 0 Å². The molecule has 1 saturated heterocycles. The van der Waals surface area contributed by atoms with Crippen LogP contribution in [0.2, 0.25) is 0 Å². The quantitative estimate of drug-likeness (QED) is 0.427. The van der Waals surface area contributed by atoms with Crippen molar-refractivity contribution in [3.8, 4) is 5.75 Å². The number of hydrogen-bond acceptors (Lipinski definition) is 5. The van der Waals surface area contributed by atoms with Gasteiger partial charge in [0.15, 0.2) is 11.4 Å². The molecule has 166 valence electrons. The molecule has 2 aromatic carbocycles. The Labute approximate surface area is 193 Å². The third kappa shape index (κ3) is 4.64. The summed E-state index contributed by atoms with van der Waals surface area (Å²) in [5, 5.41) is 11.5. The van der Waals surface area contributed by atoms with E-state index in [2.05, 4.69) is 52.1 Å². The van der Waals surface area contributed by atoms with Crippen molar-refractivity contribution >= 4 is 16.7 Å². The van der Waals surface area contributed by atoms with E-state index in [0.717, 1.165) is 37.2 Å². The Bertz CT molecular complexity index is 1330. The molecule has 0 unspecified atom stereocenters. The molecule has 0 spiro atoms. The summed E-state index contributed by atoms with van der Waals surface area (Å²) in [7, 11) is 0. The molecule has 0 atom stereocenters. The summed E-state index contributed by atoms with van der Waals surface area (Å²) in [6.45, 7) is 5.08. The van der Waals surface area contributed by atoms with E-state index in [9.17, 15) is 9.90 Å². The van der Waals surface area contributed by atoms with Gasteiger partial charge in [0.25, 0.3) is 0 Å². The monoisotopic (exact) mass is 437 g/mol. The van der Waals surface area contributed by atoms with Crippen molar-refractivity contribution in [3.63, 3.8) is 0 Å². The average Bonchev–Trinajstić information content (AvgIpc) is 3.32. The number of nitrogens with zero attached hydrogens (tertiary/aromatic N) is 3. The lowest BCUT2D eigenvalue weighted by molar-refractivity contribution is 0.103. The maximum Gasteiger partial charge on any atom is 0.215 e. The van der Waals surface area contributed by atoms with Crippen LogP contribution in [-0.4, -0.2) is 38.8 Å². The minimum Gasteiger partial charge on any atom is -0.504 e. The number of carbonyl (C=O) groups excluding carboxylic acids is 1. The van der Waals surface area contributed by atoms with Gasteiger partial charge in [-0.2, -0.15) is 0 Å². The fourth-order valence-corrected chi connectivity index (χ4v) is 4.67. The Morgan fingerprint density at radius 3 is 2.61 bits per heavy atom. The van der Waals surface area contributed by atoms with Gasteiger partial charge in [-0.25, -0.2) is 4.98 Å². The molecule has 1 N–H and O–H groups in total. The highest BCUT2D eigenvalue weighted by atomic mass is 16.3. The maximum atomic E-state index is 13.5. The molecule has 1 aliphatic heterocycles. The molecule has 2 aromatic heterocycles. The van der Waals surface area contributed by atoms with Crippen LogP contribution in [0.25, 0.3) is 10.9 Å². The van der Waals surface area contributed by atoms with Crippen molar-refractivity contribution < 1.29 is 9.90 Å². The van der Waals surface area contributed by atoms with Crippen LogP contribution < -0.4 is 0 Å². The second-order valence-electron chi connectivity index (χ2n) is 8.91. The molecule has 1 fully saturated rings. The molecule has 5 nitrogen and oxygen atoms in total. The number of pyridine rings is 2. The van der Waals surface area contributed by atoms with Crippen molar-refractivity contribution in [3.05, 3.63) is 101 Å². The molecule has 0 aliphatic carbocycles. The first-order chi connectivity index (χ1) is 16.1. The van der Waals surface area contributed by atoms with E-state index >= 15 is 0 Å². The highest BCUT2D eigenvalue weighted by molar-refractivity contribution is 6.11. The van der Waals surface area contributed by atoms with E-state index in [1.807, 2.05) is 18.2 Å². The van der Waals surface area contributed by atoms with Crippen molar-refractivity contribution in [2.75, 3.05) is 13.1 Å².